The standard InChI is InChI=1S/C19H13NO6/c1-11(21)25-14-5-2-12(3-6-14)8-15-19(22)26-18(20-15)13-4-7-16-17(9-13)24-10-23-16/h2-9H,10H2,1H3/b15-8+. The van der Waals surface area contributed by atoms with E-state index in [1.165, 1.54) is 6.92 Å². The molecule has 0 aliphatic carbocycles. The highest BCUT2D eigenvalue weighted by Crippen LogP contribution is 2.33. The molecule has 2 heterocycles. The number of cyclic esters (lactones) is 1. The second-order valence-corrected chi connectivity index (χ2v) is 5.57. The van der Waals surface area contributed by atoms with Gasteiger partial charge in [-0.15, -0.1) is 0 Å². The predicted octanol–water partition coefficient (Wildman–Crippen LogP) is 2.69. The lowest BCUT2D eigenvalue weighted by atomic mass is 10.2. The number of rotatable bonds is 3. The molecule has 0 aromatic heterocycles. The van der Waals surface area contributed by atoms with Crippen molar-refractivity contribution in [3.8, 4) is 17.2 Å². The van der Waals surface area contributed by atoms with Crippen LogP contribution in [-0.2, 0) is 14.3 Å². The van der Waals surface area contributed by atoms with Crippen molar-refractivity contribution in [2.75, 3.05) is 6.79 Å². The van der Waals surface area contributed by atoms with Gasteiger partial charge in [-0.25, -0.2) is 9.79 Å². The first kappa shape index (κ1) is 15.9. The van der Waals surface area contributed by atoms with E-state index in [0.717, 1.165) is 5.56 Å². The van der Waals surface area contributed by atoms with Crippen molar-refractivity contribution in [1.82, 2.24) is 0 Å². The van der Waals surface area contributed by atoms with E-state index in [2.05, 4.69) is 4.99 Å². The Morgan fingerprint density at radius 1 is 1.12 bits per heavy atom. The summed E-state index contributed by atoms with van der Waals surface area (Å²) < 4.78 is 20.8. The van der Waals surface area contributed by atoms with Gasteiger partial charge in [0.2, 0.25) is 12.7 Å². The normalized spacial score (nSPS) is 16.4. The summed E-state index contributed by atoms with van der Waals surface area (Å²) in [5, 5.41) is 0. The van der Waals surface area contributed by atoms with Crippen molar-refractivity contribution in [1.29, 1.82) is 0 Å². The molecule has 0 fully saturated rings. The smallest absolute Gasteiger partial charge is 0.363 e. The zero-order valence-corrected chi connectivity index (χ0v) is 13.7. The first-order valence-electron chi connectivity index (χ1n) is 7.79. The molecular weight excluding hydrogens is 338 g/mol. The summed E-state index contributed by atoms with van der Waals surface area (Å²) in [5.41, 5.74) is 1.53. The van der Waals surface area contributed by atoms with E-state index in [4.69, 9.17) is 18.9 Å². The quantitative estimate of drug-likeness (QED) is 0.480. The van der Waals surface area contributed by atoms with Crippen molar-refractivity contribution in [3.05, 3.63) is 59.3 Å². The Morgan fingerprint density at radius 3 is 2.65 bits per heavy atom. The number of aliphatic imine (C=N–C) groups is 1. The van der Waals surface area contributed by atoms with Crippen LogP contribution >= 0.6 is 0 Å². The van der Waals surface area contributed by atoms with Crippen molar-refractivity contribution < 1.29 is 28.5 Å². The number of ether oxygens (including phenoxy) is 4. The van der Waals surface area contributed by atoms with Gasteiger partial charge in [-0.1, -0.05) is 12.1 Å². The molecule has 0 unspecified atom stereocenters. The number of carbonyl (C=O) groups excluding carboxylic acids is 2. The number of carbonyl (C=O) groups is 2. The van der Waals surface area contributed by atoms with Crippen LogP contribution in [0.25, 0.3) is 6.08 Å². The fraction of sp³-hybridized carbons (Fsp3) is 0.105. The molecule has 2 aromatic rings. The van der Waals surface area contributed by atoms with E-state index in [-0.39, 0.29) is 18.4 Å². The summed E-state index contributed by atoms with van der Waals surface area (Å²) in [4.78, 5) is 27.3. The SMILES string of the molecule is CC(=O)Oc1ccc(/C=C2/N=C(c3ccc4c(c3)OCO4)OC2=O)cc1. The fourth-order valence-corrected chi connectivity index (χ4v) is 2.52. The van der Waals surface area contributed by atoms with E-state index in [1.54, 1.807) is 48.5 Å². The van der Waals surface area contributed by atoms with Crippen LogP contribution in [0, 0.1) is 0 Å². The van der Waals surface area contributed by atoms with Gasteiger partial charge >= 0.3 is 11.9 Å². The van der Waals surface area contributed by atoms with Gasteiger partial charge in [-0.2, -0.15) is 0 Å². The van der Waals surface area contributed by atoms with Gasteiger partial charge in [-0.3, -0.25) is 4.79 Å². The van der Waals surface area contributed by atoms with Crippen molar-refractivity contribution in [2.24, 2.45) is 4.99 Å². The summed E-state index contributed by atoms with van der Waals surface area (Å²) in [5.74, 6) is 0.923. The minimum absolute atomic E-state index is 0.166. The maximum atomic E-state index is 12.1. The topological polar surface area (TPSA) is 83.4 Å². The third kappa shape index (κ3) is 3.14. The summed E-state index contributed by atoms with van der Waals surface area (Å²) in [6.45, 7) is 1.50. The second kappa shape index (κ2) is 6.36. The Kier molecular flexibility index (Phi) is 3.89. The number of nitrogens with zero attached hydrogens (tertiary/aromatic N) is 1. The van der Waals surface area contributed by atoms with E-state index in [1.807, 2.05) is 0 Å². The third-order valence-electron chi connectivity index (χ3n) is 3.69. The monoisotopic (exact) mass is 351 g/mol. The van der Waals surface area contributed by atoms with Crippen LogP contribution < -0.4 is 14.2 Å². The molecule has 0 atom stereocenters. The molecule has 0 amide bonds. The zero-order chi connectivity index (χ0) is 18.1. The van der Waals surface area contributed by atoms with Crippen LogP contribution in [0.4, 0.5) is 0 Å². The van der Waals surface area contributed by atoms with Gasteiger partial charge < -0.3 is 18.9 Å². The van der Waals surface area contributed by atoms with Crippen molar-refractivity contribution in [3.63, 3.8) is 0 Å². The highest BCUT2D eigenvalue weighted by Gasteiger charge is 2.25. The molecule has 0 saturated heterocycles. The second-order valence-electron chi connectivity index (χ2n) is 5.57. The molecular formula is C19H13NO6. The van der Waals surface area contributed by atoms with Gasteiger partial charge in [0.05, 0.1) is 0 Å². The Balaban J connectivity index is 1.58. The molecule has 0 saturated carbocycles. The molecule has 26 heavy (non-hydrogen) atoms. The molecule has 2 aliphatic heterocycles. The lowest BCUT2D eigenvalue weighted by Crippen LogP contribution is -2.05. The Hall–Kier alpha value is -3.61. The van der Waals surface area contributed by atoms with Gasteiger partial charge in [0.25, 0.3) is 0 Å². The van der Waals surface area contributed by atoms with Crippen LogP contribution in [0.5, 0.6) is 17.2 Å². The average Bonchev–Trinajstić information content (AvgIpc) is 3.22. The fourth-order valence-electron chi connectivity index (χ4n) is 2.52. The largest absolute Gasteiger partial charge is 0.454 e. The van der Waals surface area contributed by atoms with E-state index in [0.29, 0.717) is 22.8 Å². The van der Waals surface area contributed by atoms with Crippen LogP contribution in [0.15, 0.2) is 53.2 Å². The van der Waals surface area contributed by atoms with Crippen molar-refractivity contribution in [2.45, 2.75) is 6.92 Å². The van der Waals surface area contributed by atoms with Gasteiger partial charge in [0.15, 0.2) is 17.2 Å². The predicted molar refractivity (Wildman–Crippen MR) is 90.9 cm³/mol. The van der Waals surface area contributed by atoms with Crippen LogP contribution in [-0.4, -0.2) is 24.6 Å². The Bertz CT molecular complexity index is 958. The van der Waals surface area contributed by atoms with Gasteiger partial charge in [0, 0.05) is 12.5 Å². The lowest BCUT2D eigenvalue weighted by Gasteiger charge is -2.01. The van der Waals surface area contributed by atoms with Crippen LogP contribution in [0.3, 0.4) is 0 Å². The molecule has 0 spiro atoms. The Labute approximate surface area is 148 Å². The minimum Gasteiger partial charge on any atom is -0.454 e. The molecule has 130 valence electrons. The molecule has 0 radical (unpaired) electrons. The molecule has 4 rings (SSSR count). The first-order chi connectivity index (χ1) is 12.6. The van der Waals surface area contributed by atoms with E-state index < -0.39 is 11.9 Å². The molecule has 0 N–H and O–H groups in total. The maximum Gasteiger partial charge on any atom is 0.363 e. The highest BCUT2D eigenvalue weighted by atomic mass is 16.7. The molecule has 7 nitrogen and oxygen atoms in total. The van der Waals surface area contributed by atoms with Crippen molar-refractivity contribution >= 4 is 23.9 Å². The number of hydrogen-bond donors (Lipinski definition) is 0. The molecule has 2 aromatic carbocycles. The highest BCUT2D eigenvalue weighted by molar-refractivity contribution is 6.13. The minimum atomic E-state index is -0.540. The number of hydrogen-bond acceptors (Lipinski definition) is 7. The summed E-state index contributed by atoms with van der Waals surface area (Å²) >= 11 is 0. The average molecular weight is 351 g/mol. The summed E-state index contributed by atoms with van der Waals surface area (Å²) in [6, 6.07) is 11.9. The number of fused-ring (bicyclic) bond motifs is 1. The molecule has 2 aliphatic rings. The molecule has 0 bridgehead atoms. The van der Waals surface area contributed by atoms with E-state index >= 15 is 0 Å². The van der Waals surface area contributed by atoms with Crippen LogP contribution in [0.1, 0.15) is 18.1 Å². The maximum absolute atomic E-state index is 12.1. The van der Waals surface area contributed by atoms with Gasteiger partial charge in [-0.05, 0) is 42.0 Å². The molecule has 7 heteroatoms. The Morgan fingerprint density at radius 2 is 1.88 bits per heavy atom. The van der Waals surface area contributed by atoms with E-state index in [9.17, 15) is 9.59 Å². The third-order valence-corrected chi connectivity index (χ3v) is 3.69. The zero-order valence-electron chi connectivity index (χ0n) is 13.7. The number of benzene rings is 2. The summed E-state index contributed by atoms with van der Waals surface area (Å²) in [7, 11) is 0. The first-order valence-corrected chi connectivity index (χ1v) is 7.79. The number of esters is 2. The summed E-state index contributed by atoms with van der Waals surface area (Å²) in [6.07, 6.45) is 1.60. The lowest BCUT2D eigenvalue weighted by molar-refractivity contribution is -0.132. The van der Waals surface area contributed by atoms with Crippen LogP contribution in [0.2, 0.25) is 0 Å². The van der Waals surface area contributed by atoms with Gasteiger partial charge in [0.1, 0.15) is 5.75 Å².